The van der Waals surface area contributed by atoms with Crippen molar-refractivity contribution in [2.75, 3.05) is 23.5 Å². The van der Waals surface area contributed by atoms with E-state index in [-0.39, 0.29) is 22.3 Å². The molecule has 0 saturated carbocycles. The summed E-state index contributed by atoms with van der Waals surface area (Å²) in [4.78, 5) is 12.9. The molecule has 3 aromatic rings. The number of anilines is 2. The van der Waals surface area contributed by atoms with Gasteiger partial charge in [-0.25, -0.2) is 8.42 Å². The van der Waals surface area contributed by atoms with E-state index >= 15 is 0 Å². The van der Waals surface area contributed by atoms with Crippen molar-refractivity contribution in [2.24, 2.45) is 0 Å². The number of sulfonamides is 1. The van der Waals surface area contributed by atoms with Gasteiger partial charge in [-0.2, -0.15) is 0 Å². The molecule has 0 bridgehead atoms. The van der Waals surface area contributed by atoms with Gasteiger partial charge in [0.2, 0.25) is 6.79 Å². The summed E-state index contributed by atoms with van der Waals surface area (Å²) in [5.41, 5.74) is 0.942. The number of halogens is 1. The van der Waals surface area contributed by atoms with E-state index in [0.717, 1.165) is 4.31 Å². The smallest absolute Gasteiger partial charge is 0.264 e. The second kappa shape index (κ2) is 7.89. The molecule has 0 atom stereocenters. The average molecular weight is 445 g/mol. The summed E-state index contributed by atoms with van der Waals surface area (Å²) in [6, 6.07) is 17.5. The zero-order valence-electron chi connectivity index (χ0n) is 15.8. The summed E-state index contributed by atoms with van der Waals surface area (Å²) in [6.07, 6.45) is 0. The van der Waals surface area contributed by atoms with Crippen LogP contribution in [0.25, 0.3) is 0 Å². The van der Waals surface area contributed by atoms with Gasteiger partial charge in [-0.1, -0.05) is 29.8 Å². The molecule has 0 saturated heterocycles. The predicted octanol–water partition coefficient (Wildman–Crippen LogP) is 4.15. The summed E-state index contributed by atoms with van der Waals surface area (Å²) in [5, 5.41) is 2.94. The van der Waals surface area contributed by atoms with E-state index < -0.39 is 15.9 Å². The molecule has 1 aliphatic heterocycles. The van der Waals surface area contributed by atoms with E-state index in [1.807, 2.05) is 0 Å². The van der Waals surface area contributed by atoms with Crippen molar-refractivity contribution in [3.63, 3.8) is 0 Å². The van der Waals surface area contributed by atoms with Gasteiger partial charge in [-0.05, 0) is 42.5 Å². The van der Waals surface area contributed by atoms with Crippen molar-refractivity contribution in [1.29, 1.82) is 0 Å². The van der Waals surface area contributed by atoms with Crippen LogP contribution in [0.2, 0.25) is 5.02 Å². The van der Waals surface area contributed by atoms with Crippen molar-refractivity contribution in [2.45, 2.75) is 4.90 Å². The Hall–Kier alpha value is -3.23. The van der Waals surface area contributed by atoms with Crippen LogP contribution in [0.15, 0.2) is 71.6 Å². The summed E-state index contributed by atoms with van der Waals surface area (Å²) in [7, 11) is -2.36. The topological polar surface area (TPSA) is 84.9 Å². The molecule has 7 nitrogen and oxygen atoms in total. The summed E-state index contributed by atoms with van der Waals surface area (Å²) in [5.74, 6) is 0.647. The molecule has 9 heteroatoms. The number of nitrogens with zero attached hydrogens (tertiary/aromatic N) is 1. The molecule has 1 amide bonds. The molecular weight excluding hydrogens is 428 g/mol. The first-order valence-corrected chi connectivity index (χ1v) is 10.7. The van der Waals surface area contributed by atoms with Gasteiger partial charge >= 0.3 is 0 Å². The fourth-order valence-electron chi connectivity index (χ4n) is 2.95. The van der Waals surface area contributed by atoms with Crippen LogP contribution in [0.3, 0.4) is 0 Å². The zero-order valence-corrected chi connectivity index (χ0v) is 17.4. The van der Waals surface area contributed by atoms with Gasteiger partial charge in [0.25, 0.3) is 15.9 Å². The van der Waals surface area contributed by atoms with E-state index in [4.69, 9.17) is 21.1 Å². The van der Waals surface area contributed by atoms with Crippen molar-refractivity contribution in [3.8, 4) is 11.5 Å². The molecule has 30 heavy (non-hydrogen) atoms. The highest BCUT2D eigenvalue weighted by atomic mass is 35.5. The van der Waals surface area contributed by atoms with Gasteiger partial charge in [0.15, 0.2) is 11.5 Å². The predicted molar refractivity (Wildman–Crippen MR) is 114 cm³/mol. The van der Waals surface area contributed by atoms with Crippen LogP contribution in [0.1, 0.15) is 10.4 Å². The van der Waals surface area contributed by atoms with Crippen molar-refractivity contribution >= 4 is 38.9 Å². The Morgan fingerprint density at radius 2 is 1.73 bits per heavy atom. The minimum Gasteiger partial charge on any atom is -0.454 e. The van der Waals surface area contributed by atoms with Gasteiger partial charge in [0.05, 0.1) is 21.2 Å². The molecule has 0 spiro atoms. The fraction of sp³-hybridized carbons (Fsp3) is 0.0952. The van der Waals surface area contributed by atoms with Crippen LogP contribution in [-0.2, 0) is 10.0 Å². The Morgan fingerprint density at radius 1 is 1.00 bits per heavy atom. The molecule has 3 aromatic carbocycles. The number of rotatable bonds is 5. The van der Waals surface area contributed by atoms with Crippen LogP contribution < -0.4 is 19.1 Å². The number of fused-ring (bicyclic) bond motifs is 1. The van der Waals surface area contributed by atoms with Crippen molar-refractivity contribution in [3.05, 3.63) is 77.3 Å². The highest BCUT2D eigenvalue weighted by molar-refractivity contribution is 7.92. The summed E-state index contributed by atoms with van der Waals surface area (Å²) >= 11 is 6.21. The molecule has 0 fully saturated rings. The molecule has 0 unspecified atom stereocenters. The van der Waals surface area contributed by atoms with Crippen molar-refractivity contribution < 1.29 is 22.7 Å². The second-order valence-electron chi connectivity index (χ2n) is 6.47. The second-order valence-corrected chi connectivity index (χ2v) is 8.85. The molecule has 154 valence electrons. The molecule has 1 aliphatic rings. The third kappa shape index (κ3) is 3.79. The summed E-state index contributed by atoms with van der Waals surface area (Å²) < 4.78 is 37.4. The number of ether oxygens (including phenoxy) is 2. The molecular formula is C21H17ClN2O5S. The van der Waals surface area contributed by atoms with Crippen LogP contribution in [0, 0.1) is 0 Å². The Labute approximate surface area is 178 Å². The normalized spacial score (nSPS) is 12.5. The number of nitrogens with one attached hydrogen (secondary N) is 1. The Kier molecular flexibility index (Phi) is 5.27. The molecule has 0 aliphatic carbocycles. The van der Waals surface area contributed by atoms with E-state index in [0.29, 0.717) is 22.9 Å². The summed E-state index contributed by atoms with van der Waals surface area (Å²) in [6.45, 7) is 0.128. The first-order chi connectivity index (χ1) is 14.4. The van der Waals surface area contributed by atoms with E-state index in [1.165, 1.54) is 31.3 Å². The number of carbonyl (C=O) groups excluding carboxylic acids is 1. The van der Waals surface area contributed by atoms with Crippen LogP contribution in [0.4, 0.5) is 11.4 Å². The Bertz CT molecular complexity index is 1220. The lowest BCUT2D eigenvalue weighted by atomic mass is 10.1. The van der Waals surface area contributed by atoms with Gasteiger partial charge < -0.3 is 14.8 Å². The zero-order chi connectivity index (χ0) is 21.3. The number of hydrogen-bond donors (Lipinski definition) is 1. The monoisotopic (exact) mass is 444 g/mol. The van der Waals surface area contributed by atoms with E-state index in [2.05, 4.69) is 5.32 Å². The van der Waals surface area contributed by atoms with Gasteiger partial charge in [0.1, 0.15) is 0 Å². The average Bonchev–Trinajstić information content (AvgIpc) is 3.22. The van der Waals surface area contributed by atoms with Crippen LogP contribution in [0.5, 0.6) is 11.5 Å². The quantitative estimate of drug-likeness (QED) is 0.639. The molecule has 0 radical (unpaired) electrons. The third-order valence-corrected chi connectivity index (χ3v) is 6.72. The minimum atomic E-state index is -3.78. The highest BCUT2D eigenvalue weighted by Gasteiger charge is 2.23. The van der Waals surface area contributed by atoms with Crippen molar-refractivity contribution in [1.82, 2.24) is 0 Å². The number of benzene rings is 3. The SMILES string of the molecule is CN(c1ccc(Cl)c(C(=O)Nc2ccc3c(c2)OCO3)c1)S(=O)(=O)c1ccccc1. The van der Waals surface area contributed by atoms with Crippen LogP contribution in [-0.4, -0.2) is 28.2 Å². The lowest BCUT2D eigenvalue weighted by Gasteiger charge is -2.20. The van der Waals surface area contributed by atoms with Gasteiger partial charge in [-0.15, -0.1) is 0 Å². The lowest BCUT2D eigenvalue weighted by Crippen LogP contribution is -2.27. The third-order valence-electron chi connectivity index (χ3n) is 4.59. The van der Waals surface area contributed by atoms with E-state index in [1.54, 1.807) is 42.5 Å². The lowest BCUT2D eigenvalue weighted by molar-refractivity contribution is 0.102. The maximum Gasteiger partial charge on any atom is 0.264 e. The highest BCUT2D eigenvalue weighted by Crippen LogP contribution is 2.34. The first kappa shape index (κ1) is 20.1. The number of carbonyl (C=O) groups is 1. The largest absolute Gasteiger partial charge is 0.454 e. The first-order valence-electron chi connectivity index (χ1n) is 8.91. The molecule has 1 N–H and O–H groups in total. The Balaban J connectivity index is 1.61. The Morgan fingerprint density at radius 3 is 2.50 bits per heavy atom. The van der Waals surface area contributed by atoms with Gasteiger partial charge in [0, 0.05) is 18.8 Å². The standard InChI is InChI=1S/C21H17ClN2O5S/c1-24(30(26,27)16-5-3-2-4-6-16)15-8-9-18(22)17(12-15)21(25)23-14-7-10-19-20(11-14)29-13-28-19/h2-12H,13H2,1H3,(H,23,25). The molecule has 0 aromatic heterocycles. The van der Waals surface area contributed by atoms with E-state index in [9.17, 15) is 13.2 Å². The maximum atomic E-state index is 12.9. The number of amides is 1. The minimum absolute atomic E-state index is 0.128. The molecule has 1 heterocycles. The van der Waals surface area contributed by atoms with Gasteiger partial charge in [-0.3, -0.25) is 9.10 Å². The fourth-order valence-corrected chi connectivity index (χ4v) is 4.36. The maximum absolute atomic E-state index is 12.9. The molecule has 4 rings (SSSR count). The number of hydrogen-bond acceptors (Lipinski definition) is 5. The van der Waals surface area contributed by atoms with Crippen LogP contribution >= 0.6 is 11.6 Å².